The molecule has 0 atom stereocenters. The van der Waals surface area contributed by atoms with Gasteiger partial charge in [0.2, 0.25) is 5.78 Å². The van der Waals surface area contributed by atoms with Gasteiger partial charge in [-0.1, -0.05) is 0 Å². The number of nitrogens with one attached hydrogen (secondary N) is 1. The van der Waals surface area contributed by atoms with E-state index in [9.17, 15) is 14.4 Å². The van der Waals surface area contributed by atoms with E-state index in [0.717, 1.165) is 0 Å². The number of carbonyl (C=O) groups excluding carboxylic acids is 2. The number of hydrogen-bond acceptors (Lipinski definition) is 7. The lowest BCUT2D eigenvalue weighted by Gasteiger charge is -2.05. The van der Waals surface area contributed by atoms with E-state index < -0.39 is 11.9 Å². The Bertz CT molecular complexity index is 483. The van der Waals surface area contributed by atoms with E-state index in [1.165, 1.54) is 0 Å². The molecular weight excluding hydrogens is 358 g/mol. The third-order valence-electron chi connectivity index (χ3n) is 2.95. The highest BCUT2D eigenvalue weighted by Crippen LogP contribution is 1.91. The zero-order valence-electron chi connectivity index (χ0n) is 15.8. The molecule has 0 saturated carbocycles. The molecule has 0 unspecified atom stereocenters. The van der Waals surface area contributed by atoms with E-state index in [1.807, 2.05) is 6.92 Å². The molecule has 0 radical (unpaired) electrons. The Morgan fingerprint density at radius 2 is 1.44 bits per heavy atom. The van der Waals surface area contributed by atoms with Crippen LogP contribution in [-0.4, -0.2) is 82.2 Å². The molecule has 0 saturated heterocycles. The minimum absolute atomic E-state index is 0.0472. The molecule has 1 amide bonds. The Kier molecular flexibility index (Phi) is 17.4. The molecule has 0 aromatic rings. The summed E-state index contributed by atoms with van der Waals surface area (Å²) in [5, 5.41) is 10.9. The van der Waals surface area contributed by atoms with Crippen LogP contribution < -0.4 is 5.32 Å². The smallest absolute Gasteiger partial charge is 0.305 e. The van der Waals surface area contributed by atoms with Crippen LogP contribution in [0.5, 0.6) is 0 Å². The molecule has 27 heavy (non-hydrogen) atoms. The van der Waals surface area contributed by atoms with Crippen LogP contribution in [0.25, 0.3) is 0 Å². The highest BCUT2D eigenvalue weighted by Gasteiger charge is 2.00. The Morgan fingerprint density at radius 3 is 2.11 bits per heavy atom. The van der Waals surface area contributed by atoms with Crippen molar-refractivity contribution in [3.05, 3.63) is 0 Å². The lowest BCUT2D eigenvalue weighted by molar-refractivity contribution is -0.138. The first-order valence-corrected chi connectivity index (χ1v) is 8.91. The second-order valence-electron chi connectivity index (χ2n) is 5.21. The summed E-state index contributed by atoms with van der Waals surface area (Å²) in [4.78, 5) is 33.2. The van der Waals surface area contributed by atoms with Gasteiger partial charge >= 0.3 is 5.97 Å². The number of hydrogen-bond donors (Lipinski definition) is 2. The van der Waals surface area contributed by atoms with Gasteiger partial charge < -0.3 is 29.4 Å². The van der Waals surface area contributed by atoms with Crippen molar-refractivity contribution in [2.45, 2.75) is 26.2 Å². The summed E-state index contributed by atoms with van der Waals surface area (Å²) >= 11 is 0. The second kappa shape index (κ2) is 18.8. The number of amides is 1. The van der Waals surface area contributed by atoms with E-state index >= 15 is 0 Å². The number of carboxylic acid groups (broad SMARTS) is 1. The molecule has 2 N–H and O–H groups in total. The Labute approximate surface area is 159 Å². The molecule has 0 aliphatic carbocycles. The van der Waals surface area contributed by atoms with Crippen molar-refractivity contribution < 1.29 is 38.4 Å². The molecule has 0 bridgehead atoms. The quantitative estimate of drug-likeness (QED) is 0.204. The number of carboxylic acids is 1. The zero-order valence-corrected chi connectivity index (χ0v) is 15.8. The van der Waals surface area contributed by atoms with E-state index in [1.54, 1.807) is 0 Å². The molecule has 0 heterocycles. The van der Waals surface area contributed by atoms with Crippen LogP contribution in [0.2, 0.25) is 0 Å². The van der Waals surface area contributed by atoms with Crippen molar-refractivity contribution in [3.8, 4) is 11.8 Å². The zero-order chi connectivity index (χ0) is 20.2. The third kappa shape index (κ3) is 20.2. The van der Waals surface area contributed by atoms with Gasteiger partial charge in [0, 0.05) is 32.1 Å². The normalized spacial score (nSPS) is 10.1. The largest absolute Gasteiger partial charge is 0.481 e. The molecule has 0 aromatic carbocycles. The summed E-state index contributed by atoms with van der Waals surface area (Å²) in [5.74, 6) is 2.75. The van der Waals surface area contributed by atoms with Gasteiger partial charge in [0.25, 0.3) is 5.91 Å². The monoisotopic (exact) mass is 387 g/mol. The first kappa shape index (κ1) is 25.0. The van der Waals surface area contributed by atoms with Gasteiger partial charge in [-0.15, -0.1) is 0 Å². The predicted octanol–water partition coefficient (Wildman–Crippen LogP) is 0.0163. The van der Waals surface area contributed by atoms with Crippen molar-refractivity contribution in [2.75, 3.05) is 59.4 Å². The van der Waals surface area contributed by atoms with Crippen molar-refractivity contribution in [3.63, 3.8) is 0 Å². The lowest BCUT2D eigenvalue weighted by Crippen LogP contribution is -2.26. The van der Waals surface area contributed by atoms with Crippen molar-refractivity contribution >= 4 is 17.7 Å². The molecule has 0 rings (SSSR count). The van der Waals surface area contributed by atoms with Crippen LogP contribution in [-0.2, 0) is 33.3 Å². The number of Topliss-reactive ketones (excluding diaryl/α,β-unsaturated/α-hetero) is 1. The Balaban J connectivity index is 3.51. The second-order valence-corrected chi connectivity index (χ2v) is 5.21. The van der Waals surface area contributed by atoms with Gasteiger partial charge in [-0.25, -0.2) is 0 Å². The van der Waals surface area contributed by atoms with Crippen molar-refractivity contribution in [1.29, 1.82) is 0 Å². The topological polar surface area (TPSA) is 120 Å². The van der Waals surface area contributed by atoms with Crippen molar-refractivity contribution in [1.82, 2.24) is 5.32 Å². The summed E-state index contributed by atoms with van der Waals surface area (Å²) in [5.41, 5.74) is 0. The fourth-order valence-electron chi connectivity index (χ4n) is 1.65. The minimum Gasteiger partial charge on any atom is -0.481 e. The average molecular weight is 387 g/mol. The number of aliphatic carboxylic acids is 1. The predicted molar refractivity (Wildman–Crippen MR) is 96.2 cm³/mol. The molecular formula is C18H29NO8. The Hall–Kier alpha value is -1.99. The maximum Gasteiger partial charge on any atom is 0.305 e. The van der Waals surface area contributed by atoms with Crippen LogP contribution in [0.1, 0.15) is 26.2 Å². The van der Waals surface area contributed by atoms with Gasteiger partial charge in [-0.2, -0.15) is 0 Å². The highest BCUT2D eigenvalue weighted by molar-refractivity contribution is 6.03. The number of rotatable bonds is 17. The number of ether oxygens (including phenoxy) is 4. The van der Waals surface area contributed by atoms with E-state index in [-0.39, 0.29) is 45.0 Å². The number of ketones is 1. The maximum absolute atomic E-state index is 11.5. The van der Waals surface area contributed by atoms with Crippen LogP contribution >= 0.6 is 0 Å². The van der Waals surface area contributed by atoms with Crippen LogP contribution in [0.3, 0.4) is 0 Å². The van der Waals surface area contributed by atoms with Gasteiger partial charge in [0.1, 0.15) is 0 Å². The van der Waals surface area contributed by atoms with Crippen LogP contribution in [0, 0.1) is 11.8 Å². The van der Waals surface area contributed by atoms with Gasteiger partial charge in [0.15, 0.2) is 0 Å². The third-order valence-corrected chi connectivity index (χ3v) is 2.95. The minimum atomic E-state index is -0.913. The molecule has 0 aliphatic rings. The molecule has 0 aliphatic heterocycles. The first-order chi connectivity index (χ1) is 13.1. The summed E-state index contributed by atoms with van der Waals surface area (Å²) in [7, 11) is 0. The van der Waals surface area contributed by atoms with E-state index in [0.29, 0.717) is 39.5 Å². The molecule has 154 valence electrons. The molecule has 9 heteroatoms. The van der Waals surface area contributed by atoms with Gasteiger partial charge in [-0.05, 0) is 19.3 Å². The van der Waals surface area contributed by atoms with Crippen LogP contribution in [0.4, 0.5) is 0 Å². The fraction of sp³-hybridized carbons (Fsp3) is 0.722. The molecule has 0 fully saturated rings. The average Bonchev–Trinajstić information content (AvgIpc) is 2.64. The number of carbonyl (C=O) groups is 3. The fourth-order valence-corrected chi connectivity index (χ4v) is 1.65. The Morgan fingerprint density at radius 1 is 0.815 bits per heavy atom. The van der Waals surface area contributed by atoms with Gasteiger partial charge in [0.05, 0.1) is 46.1 Å². The van der Waals surface area contributed by atoms with E-state index in [2.05, 4.69) is 17.2 Å². The van der Waals surface area contributed by atoms with Gasteiger partial charge in [-0.3, -0.25) is 14.4 Å². The van der Waals surface area contributed by atoms with E-state index in [4.69, 9.17) is 24.1 Å². The summed E-state index contributed by atoms with van der Waals surface area (Å²) < 4.78 is 20.6. The van der Waals surface area contributed by atoms with Crippen molar-refractivity contribution in [2.24, 2.45) is 0 Å². The summed E-state index contributed by atoms with van der Waals surface area (Å²) in [6.45, 7) is 5.27. The lowest BCUT2D eigenvalue weighted by atomic mass is 10.2. The molecule has 9 nitrogen and oxygen atoms in total. The summed E-state index contributed by atoms with van der Waals surface area (Å²) in [6, 6.07) is 0. The molecule has 0 spiro atoms. The summed E-state index contributed by atoms with van der Waals surface area (Å²) in [6.07, 6.45) is 0.734. The first-order valence-electron chi connectivity index (χ1n) is 8.91. The highest BCUT2D eigenvalue weighted by atomic mass is 16.5. The maximum atomic E-state index is 11.5. The molecule has 0 aromatic heterocycles. The SMILES string of the molecule is CCOCCOCCCC(=O)C#CC(=O)NCCOCCOCCC(=O)O. The standard InChI is InChI=1S/C18H29NO8/c1-2-24-12-13-25-9-3-4-16(20)5-6-17(21)19-8-11-27-15-14-26-10-7-18(22)23/h2-4,7-15H2,1H3,(H,19,21)(H,22,23). The van der Waals surface area contributed by atoms with Crippen LogP contribution in [0.15, 0.2) is 0 Å².